The van der Waals surface area contributed by atoms with Gasteiger partial charge >= 0.3 is 11.9 Å². The van der Waals surface area contributed by atoms with Crippen molar-refractivity contribution < 1.29 is 14.7 Å². The SMILES string of the molecule is O=C(O)C(=O)Nc1cccc(Cl)c1Br. The molecule has 0 bridgehead atoms. The Balaban J connectivity index is 2.93. The summed E-state index contributed by atoms with van der Waals surface area (Å²) in [6.45, 7) is 0. The molecule has 0 saturated heterocycles. The molecule has 0 spiro atoms. The van der Waals surface area contributed by atoms with E-state index >= 15 is 0 Å². The zero-order chi connectivity index (χ0) is 10.7. The average molecular weight is 278 g/mol. The van der Waals surface area contributed by atoms with Gasteiger partial charge in [-0.1, -0.05) is 17.7 Å². The number of rotatable bonds is 1. The van der Waals surface area contributed by atoms with Gasteiger partial charge in [-0.3, -0.25) is 4.79 Å². The molecule has 0 fully saturated rings. The van der Waals surface area contributed by atoms with Crippen LogP contribution in [0.2, 0.25) is 5.02 Å². The number of benzene rings is 1. The van der Waals surface area contributed by atoms with Crippen LogP contribution in [-0.2, 0) is 9.59 Å². The quantitative estimate of drug-likeness (QED) is 0.773. The predicted molar refractivity (Wildman–Crippen MR) is 55.4 cm³/mol. The van der Waals surface area contributed by atoms with Gasteiger partial charge in [-0.2, -0.15) is 0 Å². The summed E-state index contributed by atoms with van der Waals surface area (Å²) in [6.07, 6.45) is 0. The first kappa shape index (κ1) is 11.0. The van der Waals surface area contributed by atoms with E-state index in [9.17, 15) is 9.59 Å². The smallest absolute Gasteiger partial charge is 0.394 e. The zero-order valence-corrected chi connectivity index (χ0v) is 9.09. The minimum Gasteiger partial charge on any atom is -0.474 e. The minimum absolute atomic E-state index is 0.324. The zero-order valence-electron chi connectivity index (χ0n) is 6.75. The number of carboxylic acids is 1. The summed E-state index contributed by atoms with van der Waals surface area (Å²) in [4.78, 5) is 21.0. The molecule has 0 saturated carbocycles. The Morgan fingerprint density at radius 1 is 1.43 bits per heavy atom. The second kappa shape index (κ2) is 4.43. The maximum atomic E-state index is 10.8. The summed E-state index contributed by atoms with van der Waals surface area (Å²) >= 11 is 8.85. The number of carbonyl (C=O) groups is 2. The molecule has 1 aromatic carbocycles. The summed E-state index contributed by atoms with van der Waals surface area (Å²) < 4.78 is 0.455. The molecule has 0 heterocycles. The number of amides is 1. The first-order valence-electron chi connectivity index (χ1n) is 3.50. The first-order valence-corrected chi connectivity index (χ1v) is 4.67. The van der Waals surface area contributed by atoms with Crippen molar-refractivity contribution in [3.05, 3.63) is 27.7 Å². The lowest BCUT2D eigenvalue weighted by Crippen LogP contribution is -2.21. The van der Waals surface area contributed by atoms with E-state index in [4.69, 9.17) is 16.7 Å². The molecule has 14 heavy (non-hydrogen) atoms. The van der Waals surface area contributed by atoms with E-state index in [0.29, 0.717) is 15.2 Å². The van der Waals surface area contributed by atoms with Crippen molar-refractivity contribution in [1.82, 2.24) is 0 Å². The summed E-state index contributed by atoms with van der Waals surface area (Å²) in [5.74, 6) is -2.65. The summed E-state index contributed by atoms with van der Waals surface area (Å²) in [6, 6.07) is 4.75. The van der Waals surface area contributed by atoms with Crippen LogP contribution in [0.25, 0.3) is 0 Å². The Hall–Kier alpha value is -1.07. The molecule has 1 aromatic rings. The van der Waals surface area contributed by atoms with Crippen molar-refractivity contribution in [2.75, 3.05) is 5.32 Å². The van der Waals surface area contributed by atoms with Crippen LogP contribution in [0, 0.1) is 0 Å². The van der Waals surface area contributed by atoms with Gasteiger partial charge in [0.2, 0.25) is 0 Å². The molecule has 6 heteroatoms. The summed E-state index contributed by atoms with van der Waals surface area (Å²) in [5.41, 5.74) is 0.324. The lowest BCUT2D eigenvalue weighted by Gasteiger charge is -2.05. The fraction of sp³-hybridized carbons (Fsp3) is 0. The molecule has 0 aliphatic carbocycles. The van der Waals surface area contributed by atoms with Crippen LogP contribution in [0.1, 0.15) is 0 Å². The lowest BCUT2D eigenvalue weighted by molar-refractivity contribution is -0.147. The molecule has 74 valence electrons. The van der Waals surface area contributed by atoms with E-state index in [1.165, 1.54) is 6.07 Å². The van der Waals surface area contributed by atoms with E-state index in [1.54, 1.807) is 12.1 Å². The van der Waals surface area contributed by atoms with Crippen molar-refractivity contribution in [2.45, 2.75) is 0 Å². The van der Waals surface area contributed by atoms with E-state index in [1.807, 2.05) is 0 Å². The van der Waals surface area contributed by atoms with Gasteiger partial charge in [0.05, 0.1) is 15.2 Å². The van der Waals surface area contributed by atoms with Gasteiger partial charge in [0.25, 0.3) is 0 Å². The predicted octanol–water partition coefficient (Wildman–Crippen LogP) is 2.13. The van der Waals surface area contributed by atoms with Gasteiger partial charge in [0.1, 0.15) is 0 Å². The highest BCUT2D eigenvalue weighted by Gasteiger charge is 2.13. The molecule has 2 N–H and O–H groups in total. The van der Waals surface area contributed by atoms with Gasteiger partial charge in [0, 0.05) is 0 Å². The molecule has 4 nitrogen and oxygen atoms in total. The topological polar surface area (TPSA) is 66.4 Å². The second-order valence-corrected chi connectivity index (χ2v) is 3.56. The first-order chi connectivity index (χ1) is 6.52. The van der Waals surface area contributed by atoms with Crippen molar-refractivity contribution in [3.8, 4) is 0 Å². The number of hydrogen-bond donors (Lipinski definition) is 2. The highest BCUT2D eigenvalue weighted by Crippen LogP contribution is 2.29. The van der Waals surface area contributed by atoms with Crippen LogP contribution in [0.4, 0.5) is 5.69 Å². The highest BCUT2D eigenvalue weighted by molar-refractivity contribution is 9.10. The Kier molecular flexibility index (Phi) is 3.49. The maximum absolute atomic E-state index is 10.8. The van der Waals surface area contributed by atoms with E-state index in [2.05, 4.69) is 21.2 Å². The number of halogens is 2. The van der Waals surface area contributed by atoms with Crippen LogP contribution in [0.5, 0.6) is 0 Å². The Labute approximate surface area is 93.0 Å². The number of anilines is 1. The van der Waals surface area contributed by atoms with Crippen molar-refractivity contribution >= 4 is 45.1 Å². The van der Waals surface area contributed by atoms with Crippen LogP contribution in [0.15, 0.2) is 22.7 Å². The number of carbonyl (C=O) groups excluding carboxylic acids is 1. The van der Waals surface area contributed by atoms with Crippen LogP contribution < -0.4 is 5.32 Å². The van der Waals surface area contributed by atoms with Crippen molar-refractivity contribution in [3.63, 3.8) is 0 Å². The molecule has 0 atom stereocenters. The molecule has 0 unspecified atom stereocenters. The number of nitrogens with one attached hydrogen (secondary N) is 1. The van der Waals surface area contributed by atoms with Crippen molar-refractivity contribution in [2.24, 2.45) is 0 Å². The van der Waals surface area contributed by atoms with Gasteiger partial charge in [0.15, 0.2) is 0 Å². The molecule has 0 radical (unpaired) electrons. The van der Waals surface area contributed by atoms with E-state index in [0.717, 1.165) is 0 Å². The summed E-state index contributed by atoms with van der Waals surface area (Å²) in [5, 5.41) is 10.9. The highest BCUT2D eigenvalue weighted by atomic mass is 79.9. The van der Waals surface area contributed by atoms with E-state index in [-0.39, 0.29) is 0 Å². The molecule has 1 amide bonds. The largest absolute Gasteiger partial charge is 0.474 e. The molecule has 0 aliphatic rings. The molecular weight excluding hydrogens is 273 g/mol. The average Bonchev–Trinajstić information content (AvgIpc) is 2.12. The monoisotopic (exact) mass is 277 g/mol. The minimum atomic E-state index is -1.54. The van der Waals surface area contributed by atoms with Gasteiger partial charge in [-0.05, 0) is 28.1 Å². The Bertz CT molecular complexity index is 394. The maximum Gasteiger partial charge on any atom is 0.394 e. The molecule has 1 rings (SSSR count). The molecule has 0 aliphatic heterocycles. The van der Waals surface area contributed by atoms with E-state index < -0.39 is 11.9 Å². The van der Waals surface area contributed by atoms with Crippen LogP contribution in [0.3, 0.4) is 0 Å². The second-order valence-electron chi connectivity index (χ2n) is 2.36. The van der Waals surface area contributed by atoms with Crippen molar-refractivity contribution in [1.29, 1.82) is 0 Å². The third-order valence-electron chi connectivity index (χ3n) is 1.39. The molecule has 0 aromatic heterocycles. The standard InChI is InChI=1S/C8H5BrClNO3/c9-6-4(10)2-1-3-5(6)11-7(12)8(13)14/h1-3H,(H,11,12)(H,13,14). The fourth-order valence-corrected chi connectivity index (χ4v) is 1.31. The number of aliphatic carboxylic acids is 1. The van der Waals surface area contributed by atoms with Crippen LogP contribution in [-0.4, -0.2) is 17.0 Å². The van der Waals surface area contributed by atoms with Gasteiger partial charge in [-0.15, -0.1) is 0 Å². The Morgan fingerprint density at radius 3 is 2.64 bits per heavy atom. The van der Waals surface area contributed by atoms with Gasteiger partial charge in [-0.25, -0.2) is 4.79 Å². The summed E-state index contributed by atoms with van der Waals surface area (Å²) in [7, 11) is 0. The lowest BCUT2D eigenvalue weighted by atomic mass is 10.3. The Morgan fingerprint density at radius 2 is 2.07 bits per heavy atom. The third kappa shape index (κ3) is 2.46. The number of carboxylic acid groups (broad SMARTS) is 1. The van der Waals surface area contributed by atoms with Gasteiger partial charge < -0.3 is 10.4 Å². The number of hydrogen-bond acceptors (Lipinski definition) is 2. The third-order valence-corrected chi connectivity index (χ3v) is 2.79. The molecular formula is C8H5BrClNO3. The fourth-order valence-electron chi connectivity index (χ4n) is 0.776. The normalized spacial score (nSPS) is 9.57. The van der Waals surface area contributed by atoms with Crippen LogP contribution >= 0.6 is 27.5 Å².